The lowest BCUT2D eigenvalue weighted by atomic mass is 10.0. The molecule has 1 aliphatic carbocycles. The molecule has 1 rings (SSSR count). The van der Waals surface area contributed by atoms with Crippen molar-refractivity contribution in [1.29, 1.82) is 5.26 Å². The van der Waals surface area contributed by atoms with Crippen LogP contribution in [0.25, 0.3) is 0 Å². The molecular weight excluding hydrogens is 134 g/mol. The Labute approximate surface area is 60.6 Å². The normalized spacial score (nSPS) is 42.6. The van der Waals surface area contributed by atoms with E-state index in [1.807, 2.05) is 0 Å². The monoisotopic (exact) mass is 143 g/mol. The van der Waals surface area contributed by atoms with Gasteiger partial charge in [-0.1, -0.05) is 6.92 Å². The van der Waals surface area contributed by atoms with Crippen molar-refractivity contribution >= 4 is 11.6 Å². The lowest BCUT2D eigenvalue weighted by molar-refractivity contribution is 0.518. The third kappa shape index (κ3) is 1.19. The van der Waals surface area contributed by atoms with Crippen LogP contribution in [0.5, 0.6) is 0 Å². The fraction of sp³-hybridized carbons (Fsp3) is 0.857. The molecule has 1 saturated carbocycles. The van der Waals surface area contributed by atoms with Gasteiger partial charge in [0.25, 0.3) is 0 Å². The number of nitrogens with zero attached hydrogens (tertiary/aromatic N) is 1. The molecule has 0 amide bonds. The molecule has 0 aliphatic heterocycles. The maximum absolute atomic E-state index is 8.55. The van der Waals surface area contributed by atoms with Crippen molar-refractivity contribution < 1.29 is 0 Å². The van der Waals surface area contributed by atoms with Crippen molar-refractivity contribution in [3.8, 4) is 6.07 Å². The SMILES string of the molecule is CC1C(Cl)CCC1C#N. The molecule has 2 heteroatoms. The van der Waals surface area contributed by atoms with Crippen LogP contribution in [-0.2, 0) is 0 Å². The minimum atomic E-state index is 0.215. The highest BCUT2D eigenvalue weighted by Gasteiger charge is 2.30. The highest BCUT2D eigenvalue weighted by molar-refractivity contribution is 6.20. The molecule has 3 atom stereocenters. The molecule has 1 nitrogen and oxygen atoms in total. The first kappa shape index (κ1) is 6.89. The van der Waals surface area contributed by atoms with Crippen LogP contribution in [-0.4, -0.2) is 5.38 Å². The van der Waals surface area contributed by atoms with Crippen molar-refractivity contribution in [1.82, 2.24) is 0 Å². The van der Waals surface area contributed by atoms with Crippen LogP contribution in [0.3, 0.4) is 0 Å². The van der Waals surface area contributed by atoms with Crippen molar-refractivity contribution in [2.24, 2.45) is 11.8 Å². The highest BCUT2D eigenvalue weighted by Crippen LogP contribution is 2.34. The summed E-state index contributed by atoms with van der Waals surface area (Å²) in [6.07, 6.45) is 2.01. The zero-order valence-electron chi connectivity index (χ0n) is 5.47. The Kier molecular flexibility index (Phi) is 1.97. The van der Waals surface area contributed by atoms with Crippen LogP contribution in [0.2, 0.25) is 0 Å². The fourth-order valence-electron chi connectivity index (χ4n) is 1.30. The maximum Gasteiger partial charge on any atom is 0.0659 e. The average molecular weight is 144 g/mol. The number of halogens is 1. The first-order chi connectivity index (χ1) is 4.25. The van der Waals surface area contributed by atoms with Crippen LogP contribution >= 0.6 is 11.6 Å². The van der Waals surface area contributed by atoms with Crippen LogP contribution in [0, 0.1) is 23.2 Å². The Bertz CT molecular complexity index is 138. The number of hydrogen-bond donors (Lipinski definition) is 0. The Morgan fingerprint density at radius 2 is 2.22 bits per heavy atom. The van der Waals surface area contributed by atoms with Gasteiger partial charge < -0.3 is 0 Å². The van der Waals surface area contributed by atoms with Crippen LogP contribution in [0.4, 0.5) is 0 Å². The smallest absolute Gasteiger partial charge is 0.0659 e. The minimum Gasteiger partial charge on any atom is -0.198 e. The van der Waals surface area contributed by atoms with Gasteiger partial charge in [-0.05, 0) is 18.8 Å². The Hall–Kier alpha value is -0.220. The largest absolute Gasteiger partial charge is 0.198 e. The van der Waals surface area contributed by atoms with E-state index >= 15 is 0 Å². The van der Waals surface area contributed by atoms with Gasteiger partial charge in [-0.25, -0.2) is 0 Å². The summed E-state index contributed by atoms with van der Waals surface area (Å²) in [5.41, 5.74) is 0. The van der Waals surface area contributed by atoms with Gasteiger partial charge in [0.1, 0.15) is 0 Å². The number of hydrogen-bond acceptors (Lipinski definition) is 1. The second-order valence-electron chi connectivity index (χ2n) is 2.69. The summed E-state index contributed by atoms with van der Waals surface area (Å²) in [5, 5.41) is 8.79. The number of alkyl halides is 1. The van der Waals surface area contributed by atoms with Gasteiger partial charge in [0.05, 0.1) is 12.0 Å². The van der Waals surface area contributed by atoms with Crippen LogP contribution in [0.15, 0.2) is 0 Å². The van der Waals surface area contributed by atoms with E-state index in [1.54, 1.807) is 0 Å². The molecule has 0 N–H and O–H groups in total. The summed E-state index contributed by atoms with van der Waals surface area (Å²) in [6.45, 7) is 2.05. The average Bonchev–Trinajstić information content (AvgIpc) is 2.15. The van der Waals surface area contributed by atoms with Gasteiger partial charge in [0.2, 0.25) is 0 Å². The second kappa shape index (κ2) is 2.58. The molecule has 0 spiro atoms. The molecule has 0 heterocycles. The highest BCUT2D eigenvalue weighted by atomic mass is 35.5. The zero-order valence-corrected chi connectivity index (χ0v) is 6.23. The van der Waals surface area contributed by atoms with E-state index in [2.05, 4.69) is 13.0 Å². The molecule has 0 aromatic rings. The molecule has 0 aromatic heterocycles. The van der Waals surface area contributed by atoms with E-state index in [-0.39, 0.29) is 11.3 Å². The first-order valence-electron chi connectivity index (χ1n) is 3.29. The molecule has 0 aromatic carbocycles. The van der Waals surface area contributed by atoms with Crippen molar-refractivity contribution in [3.63, 3.8) is 0 Å². The van der Waals surface area contributed by atoms with Crippen molar-refractivity contribution in [2.45, 2.75) is 25.1 Å². The van der Waals surface area contributed by atoms with E-state index in [9.17, 15) is 0 Å². The van der Waals surface area contributed by atoms with Gasteiger partial charge in [-0.2, -0.15) is 5.26 Å². The number of nitriles is 1. The maximum atomic E-state index is 8.55. The minimum absolute atomic E-state index is 0.215. The molecule has 1 aliphatic rings. The molecule has 50 valence electrons. The predicted molar refractivity (Wildman–Crippen MR) is 37.1 cm³/mol. The lowest BCUT2D eigenvalue weighted by Crippen LogP contribution is -2.08. The van der Waals surface area contributed by atoms with E-state index < -0.39 is 0 Å². The third-order valence-electron chi connectivity index (χ3n) is 2.12. The fourth-order valence-corrected chi connectivity index (χ4v) is 1.60. The van der Waals surface area contributed by atoms with Gasteiger partial charge in [0, 0.05) is 5.38 Å². The zero-order chi connectivity index (χ0) is 6.85. The second-order valence-corrected chi connectivity index (χ2v) is 3.25. The third-order valence-corrected chi connectivity index (χ3v) is 2.74. The Morgan fingerprint density at radius 1 is 1.56 bits per heavy atom. The molecule has 0 radical (unpaired) electrons. The van der Waals surface area contributed by atoms with E-state index in [0.29, 0.717) is 5.92 Å². The summed E-state index contributed by atoms with van der Waals surface area (Å²) in [5.74, 6) is 0.615. The van der Waals surface area contributed by atoms with Gasteiger partial charge in [0.15, 0.2) is 0 Å². The summed E-state index contributed by atoms with van der Waals surface area (Å²) in [6, 6.07) is 2.26. The summed E-state index contributed by atoms with van der Waals surface area (Å²) in [4.78, 5) is 0. The van der Waals surface area contributed by atoms with E-state index in [4.69, 9.17) is 16.9 Å². The molecular formula is C7H10ClN. The number of rotatable bonds is 0. The van der Waals surface area contributed by atoms with Gasteiger partial charge in [-0.3, -0.25) is 0 Å². The topological polar surface area (TPSA) is 23.8 Å². The van der Waals surface area contributed by atoms with E-state index in [1.165, 1.54) is 0 Å². The van der Waals surface area contributed by atoms with Gasteiger partial charge >= 0.3 is 0 Å². The van der Waals surface area contributed by atoms with Gasteiger partial charge in [-0.15, -0.1) is 11.6 Å². The van der Waals surface area contributed by atoms with Crippen LogP contribution < -0.4 is 0 Å². The molecule has 3 unspecified atom stereocenters. The standard InChI is InChI=1S/C7H10ClN/c1-5-6(4-9)2-3-7(5)8/h5-7H,2-3H2,1H3. The van der Waals surface area contributed by atoms with Crippen LogP contribution in [0.1, 0.15) is 19.8 Å². The molecule has 9 heavy (non-hydrogen) atoms. The molecule has 0 bridgehead atoms. The predicted octanol–water partition coefficient (Wildman–Crippen LogP) is 2.16. The Morgan fingerprint density at radius 3 is 2.44 bits per heavy atom. The van der Waals surface area contributed by atoms with Crippen molar-refractivity contribution in [2.75, 3.05) is 0 Å². The molecule has 1 fully saturated rings. The first-order valence-corrected chi connectivity index (χ1v) is 3.73. The summed E-state index contributed by atoms with van der Waals surface area (Å²) >= 11 is 5.89. The van der Waals surface area contributed by atoms with E-state index in [0.717, 1.165) is 12.8 Å². The summed E-state index contributed by atoms with van der Waals surface area (Å²) in [7, 11) is 0. The lowest BCUT2D eigenvalue weighted by Gasteiger charge is -2.07. The molecule has 0 saturated heterocycles. The summed E-state index contributed by atoms with van der Waals surface area (Å²) < 4.78 is 0. The van der Waals surface area contributed by atoms with Crippen molar-refractivity contribution in [3.05, 3.63) is 0 Å². The quantitative estimate of drug-likeness (QED) is 0.477. The Balaban J connectivity index is 2.54.